The van der Waals surface area contributed by atoms with Gasteiger partial charge >= 0.3 is 0 Å². The molecular formula is C27H25F2N3O5. The van der Waals surface area contributed by atoms with Crippen LogP contribution in [-0.4, -0.2) is 40.2 Å². The number of fused-ring (bicyclic) bond motifs is 2. The standard InChI is InChI=1S/C27H25F2N3O5/c1-16-9-10-36-22-14-31-13-20(26(34)30-12-18-7-8-19(28)11-21(18)29)24(33)25(23(31)27(35)32(16)22)37-15-17-5-3-2-4-6-17/h2-8,11,13,16,22H,9-10,12,14-15H2,1H3,(H,30,34)/t16-,22-/m1/s1. The topological polar surface area (TPSA) is 89.9 Å². The Morgan fingerprint density at radius 3 is 2.70 bits per heavy atom. The van der Waals surface area contributed by atoms with E-state index in [1.807, 2.05) is 37.3 Å². The van der Waals surface area contributed by atoms with Crippen LogP contribution < -0.4 is 15.5 Å². The minimum absolute atomic E-state index is 0.0116. The molecule has 0 radical (unpaired) electrons. The Hall–Kier alpha value is -4.05. The minimum atomic E-state index is -0.816. The third-order valence-corrected chi connectivity index (χ3v) is 6.58. The Morgan fingerprint density at radius 1 is 1.16 bits per heavy atom. The van der Waals surface area contributed by atoms with E-state index in [4.69, 9.17) is 9.47 Å². The number of carbonyl (C=O) groups excluding carboxylic acids is 2. The van der Waals surface area contributed by atoms with Gasteiger partial charge in [0, 0.05) is 30.4 Å². The number of benzene rings is 2. The maximum absolute atomic E-state index is 14.0. The van der Waals surface area contributed by atoms with Gasteiger partial charge in [0.1, 0.15) is 23.8 Å². The molecule has 0 bridgehead atoms. The van der Waals surface area contributed by atoms with Crippen LogP contribution in [-0.2, 0) is 24.4 Å². The summed E-state index contributed by atoms with van der Waals surface area (Å²) >= 11 is 0. The van der Waals surface area contributed by atoms with Gasteiger partial charge in [0.2, 0.25) is 5.43 Å². The van der Waals surface area contributed by atoms with E-state index in [-0.39, 0.29) is 48.3 Å². The number of amides is 2. The number of hydrogen-bond donors (Lipinski definition) is 1. The molecule has 10 heteroatoms. The molecule has 0 spiro atoms. The number of nitrogens with zero attached hydrogens (tertiary/aromatic N) is 2. The maximum Gasteiger partial charge on any atom is 0.276 e. The third-order valence-electron chi connectivity index (χ3n) is 6.58. The first-order valence-electron chi connectivity index (χ1n) is 11.9. The van der Waals surface area contributed by atoms with E-state index in [0.29, 0.717) is 19.1 Å². The van der Waals surface area contributed by atoms with Gasteiger partial charge in [-0.05, 0) is 25.0 Å². The van der Waals surface area contributed by atoms with Crippen molar-refractivity contribution < 1.29 is 27.8 Å². The fourth-order valence-electron chi connectivity index (χ4n) is 4.60. The molecule has 8 nitrogen and oxygen atoms in total. The summed E-state index contributed by atoms with van der Waals surface area (Å²) in [6, 6.07) is 12.0. The first kappa shape index (κ1) is 24.6. The summed E-state index contributed by atoms with van der Waals surface area (Å²) in [5, 5.41) is 2.50. The zero-order valence-electron chi connectivity index (χ0n) is 20.1. The summed E-state index contributed by atoms with van der Waals surface area (Å²) < 4.78 is 40.4. The van der Waals surface area contributed by atoms with Crippen LogP contribution in [0.25, 0.3) is 0 Å². The van der Waals surface area contributed by atoms with Crippen LogP contribution in [0.5, 0.6) is 5.75 Å². The number of rotatable bonds is 6. The van der Waals surface area contributed by atoms with Crippen molar-refractivity contribution in [3.05, 3.63) is 99.0 Å². The summed E-state index contributed by atoms with van der Waals surface area (Å²) in [5.41, 5.74) is -0.131. The lowest BCUT2D eigenvalue weighted by molar-refractivity contribution is -0.112. The molecule has 2 aromatic carbocycles. The molecule has 1 aromatic heterocycles. The first-order chi connectivity index (χ1) is 17.8. The molecule has 3 heterocycles. The van der Waals surface area contributed by atoms with Crippen molar-refractivity contribution in [2.45, 2.75) is 45.3 Å². The number of aromatic nitrogens is 1. The molecule has 1 saturated heterocycles. The van der Waals surface area contributed by atoms with Gasteiger partial charge in [-0.1, -0.05) is 36.4 Å². The summed E-state index contributed by atoms with van der Waals surface area (Å²) in [6.07, 6.45) is 1.42. The molecule has 5 rings (SSSR count). The number of carbonyl (C=O) groups is 2. The highest BCUT2D eigenvalue weighted by molar-refractivity contribution is 5.99. The largest absolute Gasteiger partial charge is 0.483 e. The summed E-state index contributed by atoms with van der Waals surface area (Å²) in [4.78, 5) is 41.7. The van der Waals surface area contributed by atoms with Crippen molar-refractivity contribution >= 4 is 11.8 Å². The van der Waals surface area contributed by atoms with Crippen LogP contribution in [0.2, 0.25) is 0 Å². The SMILES string of the molecule is C[C@@H]1CCO[C@@H]2Cn3cc(C(=O)NCc4ccc(F)cc4F)c(=O)c(OCc4ccccc4)c3C(=O)N12. The van der Waals surface area contributed by atoms with Gasteiger partial charge in [0.05, 0.1) is 13.2 Å². The van der Waals surface area contributed by atoms with E-state index in [2.05, 4.69) is 5.32 Å². The van der Waals surface area contributed by atoms with Crippen LogP contribution in [0.1, 0.15) is 45.3 Å². The van der Waals surface area contributed by atoms with Crippen molar-refractivity contribution in [2.75, 3.05) is 6.61 Å². The summed E-state index contributed by atoms with van der Waals surface area (Å²) in [6.45, 7) is 2.36. The van der Waals surface area contributed by atoms with Crippen LogP contribution in [0.15, 0.2) is 59.5 Å². The minimum Gasteiger partial charge on any atom is -0.483 e. The van der Waals surface area contributed by atoms with Gasteiger partial charge < -0.3 is 24.3 Å². The summed E-state index contributed by atoms with van der Waals surface area (Å²) in [7, 11) is 0. The van der Waals surface area contributed by atoms with Crippen LogP contribution in [0, 0.1) is 11.6 Å². The third kappa shape index (κ3) is 4.84. The van der Waals surface area contributed by atoms with E-state index in [1.165, 1.54) is 16.8 Å². The predicted molar refractivity (Wildman–Crippen MR) is 129 cm³/mol. The van der Waals surface area contributed by atoms with Crippen molar-refractivity contribution in [3.63, 3.8) is 0 Å². The van der Waals surface area contributed by atoms with Gasteiger partial charge in [-0.3, -0.25) is 14.4 Å². The van der Waals surface area contributed by atoms with Crippen molar-refractivity contribution in [1.29, 1.82) is 0 Å². The Balaban J connectivity index is 1.50. The molecule has 1 fully saturated rings. The van der Waals surface area contributed by atoms with Crippen LogP contribution in [0.3, 0.4) is 0 Å². The smallest absolute Gasteiger partial charge is 0.276 e. The van der Waals surface area contributed by atoms with Gasteiger partial charge in [0.25, 0.3) is 11.8 Å². The molecule has 0 saturated carbocycles. The molecule has 0 aliphatic carbocycles. The van der Waals surface area contributed by atoms with Crippen LogP contribution >= 0.6 is 0 Å². The lowest BCUT2D eigenvalue weighted by Gasteiger charge is -2.44. The second kappa shape index (κ2) is 10.1. The van der Waals surface area contributed by atoms with E-state index < -0.39 is 35.1 Å². The molecule has 0 unspecified atom stereocenters. The first-order valence-corrected chi connectivity index (χ1v) is 11.9. The van der Waals surface area contributed by atoms with E-state index >= 15 is 0 Å². The molecule has 2 aliphatic heterocycles. The molecule has 192 valence electrons. The highest BCUT2D eigenvalue weighted by Gasteiger charge is 2.41. The second-order valence-corrected chi connectivity index (χ2v) is 9.07. The average molecular weight is 510 g/mol. The molecule has 2 aliphatic rings. The fraction of sp³-hybridized carbons (Fsp3) is 0.296. The van der Waals surface area contributed by atoms with Crippen LogP contribution in [0.4, 0.5) is 8.78 Å². The fourth-order valence-corrected chi connectivity index (χ4v) is 4.60. The van der Waals surface area contributed by atoms with Gasteiger partial charge in [-0.25, -0.2) is 8.78 Å². The molecule has 2 atom stereocenters. The monoisotopic (exact) mass is 509 g/mol. The van der Waals surface area contributed by atoms with Crippen molar-refractivity contribution in [2.24, 2.45) is 0 Å². The molecule has 1 N–H and O–H groups in total. The van der Waals surface area contributed by atoms with E-state index in [1.54, 1.807) is 4.90 Å². The molecule has 37 heavy (non-hydrogen) atoms. The quantitative estimate of drug-likeness (QED) is 0.551. The average Bonchev–Trinajstić information content (AvgIpc) is 2.88. The normalized spacial score (nSPS) is 18.7. The Kier molecular flexibility index (Phi) is 6.75. The Bertz CT molecular complexity index is 1410. The number of pyridine rings is 1. The molecule has 2 amide bonds. The maximum atomic E-state index is 14.0. The zero-order valence-corrected chi connectivity index (χ0v) is 20.1. The Labute approximate surface area is 211 Å². The van der Waals surface area contributed by atoms with E-state index in [0.717, 1.165) is 11.6 Å². The lowest BCUT2D eigenvalue weighted by Crippen LogP contribution is -2.57. The predicted octanol–water partition coefficient (Wildman–Crippen LogP) is 3.23. The Morgan fingerprint density at radius 2 is 1.95 bits per heavy atom. The number of halogens is 2. The van der Waals surface area contributed by atoms with Gasteiger partial charge in [-0.15, -0.1) is 0 Å². The number of hydrogen-bond acceptors (Lipinski definition) is 5. The van der Waals surface area contributed by atoms with E-state index in [9.17, 15) is 23.2 Å². The lowest BCUT2D eigenvalue weighted by atomic mass is 10.1. The van der Waals surface area contributed by atoms with Crippen molar-refractivity contribution in [3.8, 4) is 5.75 Å². The molecule has 3 aromatic rings. The van der Waals surface area contributed by atoms with Gasteiger partial charge in [-0.2, -0.15) is 0 Å². The van der Waals surface area contributed by atoms with Crippen molar-refractivity contribution in [1.82, 2.24) is 14.8 Å². The zero-order chi connectivity index (χ0) is 26.1. The highest BCUT2D eigenvalue weighted by Crippen LogP contribution is 2.30. The van der Waals surface area contributed by atoms with Gasteiger partial charge in [0.15, 0.2) is 17.7 Å². The highest BCUT2D eigenvalue weighted by atomic mass is 19.1. The molecular weight excluding hydrogens is 484 g/mol. The second-order valence-electron chi connectivity index (χ2n) is 9.07. The number of ether oxygens (including phenoxy) is 2. The number of nitrogens with one attached hydrogen (secondary N) is 1. The summed E-state index contributed by atoms with van der Waals surface area (Å²) in [5.74, 6) is -2.97.